The van der Waals surface area contributed by atoms with E-state index in [9.17, 15) is 4.79 Å². The normalized spacial score (nSPS) is 11.8. The summed E-state index contributed by atoms with van der Waals surface area (Å²) in [7, 11) is 0. The SMILES string of the molecule is NCCCCCn1c(C(=O)NCc2cccc(Cl)c2)csc1=Nc1cccc2ccccc12. The molecule has 33 heavy (non-hydrogen) atoms. The van der Waals surface area contributed by atoms with Crippen molar-refractivity contribution in [3.05, 3.63) is 93.2 Å². The predicted molar refractivity (Wildman–Crippen MR) is 137 cm³/mol. The number of amides is 1. The molecule has 7 heteroatoms. The molecule has 5 nitrogen and oxygen atoms in total. The Morgan fingerprint density at radius 3 is 2.70 bits per heavy atom. The molecular formula is C26H27ClN4OS. The third kappa shape index (κ3) is 5.90. The second kappa shape index (κ2) is 11.3. The Morgan fingerprint density at radius 2 is 1.85 bits per heavy atom. The van der Waals surface area contributed by atoms with E-state index in [0.717, 1.165) is 46.1 Å². The molecule has 1 aromatic heterocycles. The van der Waals surface area contributed by atoms with Gasteiger partial charge in [-0.05, 0) is 48.5 Å². The van der Waals surface area contributed by atoms with Crippen LogP contribution in [0.3, 0.4) is 0 Å². The van der Waals surface area contributed by atoms with Crippen LogP contribution < -0.4 is 15.9 Å². The summed E-state index contributed by atoms with van der Waals surface area (Å²) in [5, 5.41) is 7.80. The van der Waals surface area contributed by atoms with Crippen molar-refractivity contribution in [2.45, 2.75) is 32.4 Å². The Balaban J connectivity index is 1.64. The Hall–Kier alpha value is -2.93. The number of benzene rings is 3. The molecule has 1 heterocycles. The van der Waals surface area contributed by atoms with Gasteiger partial charge in [0.15, 0.2) is 4.80 Å². The van der Waals surface area contributed by atoms with Crippen molar-refractivity contribution >= 4 is 45.3 Å². The van der Waals surface area contributed by atoms with Crippen molar-refractivity contribution in [3.8, 4) is 0 Å². The van der Waals surface area contributed by atoms with Gasteiger partial charge in [-0.1, -0.05) is 66.6 Å². The molecular weight excluding hydrogens is 452 g/mol. The van der Waals surface area contributed by atoms with E-state index < -0.39 is 0 Å². The zero-order chi connectivity index (χ0) is 23.0. The van der Waals surface area contributed by atoms with Gasteiger partial charge >= 0.3 is 0 Å². The number of nitrogens with two attached hydrogens (primary N) is 1. The lowest BCUT2D eigenvalue weighted by atomic mass is 10.1. The van der Waals surface area contributed by atoms with E-state index in [1.165, 1.54) is 11.3 Å². The fraction of sp³-hybridized carbons (Fsp3) is 0.231. The Bertz CT molecular complexity index is 1310. The van der Waals surface area contributed by atoms with Crippen LogP contribution in [0.15, 0.2) is 77.1 Å². The van der Waals surface area contributed by atoms with Gasteiger partial charge in [0.1, 0.15) is 5.69 Å². The highest BCUT2D eigenvalue weighted by Gasteiger charge is 2.14. The molecule has 0 bridgehead atoms. The minimum absolute atomic E-state index is 0.121. The first-order valence-electron chi connectivity index (χ1n) is 11.1. The largest absolute Gasteiger partial charge is 0.347 e. The molecule has 0 fully saturated rings. The van der Waals surface area contributed by atoms with Crippen LogP contribution in [0.25, 0.3) is 10.8 Å². The first-order chi connectivity index (χ1) is 16.2. The second-order valence-electron chi connectivity index (χ2n) is 7.83. The summed E-state index contributed by atoms with van der Waals surface area (Å²) in [4.78, 5) is 18.8. The van der Waals surface area contributed by atoms with E-state index in [1.807, 2.05) is 58.5 Å². The number of carbonyl (C=O) groups is 1. The molecule has 0 spiro atoms. The van der Waals surface area contributed by atoms with Crippen molar-refractivity contribution < 1.29 is 4.79 Å². The molecule has 4 aromatic rings. The standard InChI is InChI=1S/C26H27ClN4OS/c27-21-11-6-8-19(16-21)17-29-25(32)24-18-33-26(31(24)15-5-1-4-14-28)30-23-13-7-10-20-9-2-3-12-22(20)23/h2-3,6-13,16,18H,1,4-5,14-15,17,28H2,(H,29,32). The highest BCUT2D eigenvalue weighted by Crippen LogP contribution is 2.25. The number of nitrogens with zero attached hydrogens (tertiary/aromatic N) is 2. The number of rotatable bonds is 9. The summed E-state index contributed by atoms with van der Waals surface area (Å²) in [6.45, 7) is 1.81. The van der Waals surface area contributed by atoms with Crippen LogP contribution in [-0.2, 0) is 13.1 Å². The van der Waals surface area contributed by atoms with Gasteiger partial charge in [0.25, 0.3) is 5.91 Å². The molecule has 0 atom stereocenters. The first-order valence-corrected chi connectivity index (χ1v) is 12.3. The lowest BCUT2D eigenvalue weighted by molar-refractivity contribution is 0.0941. The van der Waals surface area contributed by atoms with Crippen molar-refractivity contribution in [1.29, 1.82) is 0 Å². The van der Waals surface area contributed by atoms with Gasteiger partial charge < -0.3 is 15.6 Å². The van der Waals surface area contributed by atoms with Crippen LogP contribution in [-0.4, -0.2) is 17.0 Å². The molecule has 0 radical (unpaired) electrons. The number of halogens is 1. The smallest absolute Gasteiger partial charge is 0.269 e. The zero-order valence-electron chi connectivity index (χ0n) is 18.3. The summed E-state index contributed by atoms with van der Waals surface area (Å²) < 4.78 is 2.02. The van der Waals surface area contributed by atoms with Crippen molar-refractivity contribution in [2.75, 3.05) is 6.54 Å². The molecule has 4 rings (SSSR count). The predicted octanol–water partition coefficient (Wildman–Crippen LogP) is 5.65. The number of hydrogen-bond donors (Lipinski definition) is 2. The first kappa shape index (κ1) is 23.2. The Labute approximate surface area is 202 Å². The second-order valence-corrected chi connectivity index (χ2v) is 9.10. The highest BCUT2D eigenvalue weighted by molar-refractivity contribution is 7.07. The number of thiazole rings is 1. The van der Waals surface area contributed by atoms with Gasteiger partial charge in [0.05, 0.1) is 5.69 Å². The topological polar surface area (TPSA) is 72.4 Å². The van der Waals surface area contributed by atoms with Crippen LogP contribution >= 0.6 is 22.9 Å². The molecule has 3 aromatic carbocycles. The third-order valence-corrected chi connectivity index (χ3v) is 6.54. The van der Waals surface area contributed by atoms with Gasteiger partial charge in [-0.3, -0.25) is 4.79 Å². The minimum atomic E-state index is -0.121. The summed E-state index contributed by atoms with van der Waals surface area (Å²) >= 11 is 7.56. The number of nitrogens with one attached hydrogen (secondary N) is 1. The van der Waals surface area contributed by atoms with E-state index in [2.05, 4.69) is 23.5 Å². The zero-order valence-corrected chi connectivity index (χ0v) is 19.9. The average Bonchev–Trinajstić information content (AvgIpc) is 3.23. The number of carbonyl (C=O) groups excluding carboxylic acids is 1. The summed E-state index contributed by atoms with van der Waals surface area (Å²) in [5.41, 5.74) is 8.14. The van der Waals surface area contributed by atoms with Crippen molar-refractivity contribution in [1.82, 2.24) is 9.88 Å². The number of fused-ring (bicyclic) bond motifs is 1. The molecule has 0 aliphatic carbocycles. The molecule has 3 N–H and O–H groups in total. The molecule has 0 unspecified atom stereocenters. The number of aromatic nitrogens is 1. The van der Waals surface area contributed by atoms with Gasteiger partial charge in [-0.15, -0.1) is 11.3 Å². The summed E-state index contributed by atoms with van der Waals surface area (Å²) in [5.74, 6) is -0.121. The highest BCUT2D eigenvalue weighted by atomic mass is 35.5. The molecule has 0 saturated carbocycles. The van der Waals surface area contributed by atoms with E-state index in [1.54, 1.807) is 0 Å². The Morgan fingerprint density at radius 1 is 1.03 bits per heavy atom. The summed E-state index contributed by atoms with van der Waals surface area (Å²) in [6.07, 6.45) is 2.92. The minimum Gasteiger partial charge on any atom is -0.347 e. The molecule has 170 valence electrons. The van der Waals surface area contributed by atoms with Crippen LogP contribution in [0.1, 0.15) is 35.3 Å². The molecule has 1 amide bonds. The average molecular weight is 479 g/mol. The fourth-order valence-electron chi connectivity index (χ4n) is 3.74. The van der Waals surface area contributed by atoms with Gasteiger partial charge in [0.2, 0.25) is 0 Å². The molecule has 0 saturated heterocycles. The van der Waals surface area contributed by atoms with Gasteiger partial charge in [-0.25, -0.2) is 4.99 Å². The van der Waals surface area contributed by atoms with Crippen LogP contribution in [0.4, 0.5) is 5.69 Å². The molecule has 0 aliphatic rings. The number of hydrogen-bond acceptors (Lipinski definition) is 4. The molecule has 0 aliphatic heterocycles. The van der Waals surface area contributed by atoms with Crippen molar-refractivity contribution in [3.63, 3.8) is 0 Å². The van der Waals surface area contributed by atoms with Gasteiger partial charge in [0, 0.05) is 28.9 Å². The van der Waals surface area contributed by atoms with E-state index in [-0.39, 0.29) is 5.91 Å². The van der Waals surface area contributed by atoms with Crippen LogP contribution in [0.5, 0.6) is 0 Å². The van der Waals surface area contributed by atoms with E-state index in [4.69, 9.17) is 22.3 Å². The third-order valence-electron chi connectivity index (χ3n) is 5.44. The maximum Gasteiger partial charge on any atom is 0.269 e. The quantitative estimate of drug-likeness (QED) is 0.305. The van der Waals surface area contributed by atoms with E-state index >= 15 is 0 Å². The summed E-state index contributed by atoms with van der Waals surface area (Å²) in [6, 6.07) is 21.8. The lowest BCUT2D eigenvalue weighted by Gasteiger charge is -2.10. The number of unbranched alkanes of at least 4 members (excludes halogenated alkanes) is 2. The van der Waals surface area contributed by atoms with Gasteiger partial charge in [-0.2, -0.15) is 0 Å². The fourth-order valence-corrected chi connectivity index (χ4v) is 4.87. The maximum absolute atomic E-state index is 13.1. The Kier molecular flexibility index (Phi) is 7.94. The van der Waals surface area contributed by atoms with E-state index in [0.29, 0.717) is 30.4 Å². The maximum atomic E-state index is 13.1. The van der Waals surface area contributed by atoms with Crippen molar-refractivity contribution in [2.24, 2.45) is 10.7 Å². The lowest BCUT2D eigenvalue weighted by Crippen LogP contribution is -2.28. The van der Waals surface area contributed by atoms with Crippen LogP contribution in [0, 0.1) is 0 Å². The monoisotopic (exact) mass is 478 g/mol. The van der Waals surface area contributed by atoms with Crippen LogP contribution in [0.2, 0.25) is 5.02 Å².